The van der Waals surface area contributed by atoms with E-state index in [9.17, 15) is 4.79 Å². The number of hydrogen-bond acceptors (Lipinski definition) is 3. The van der Waals surface area contributed by atoms with Crippen LogP contribution in [0.2, 0.25) is 0 Å². The predicted molar refractivity (Wildman–Crippen MR) is 80.2 cm³/mol. The van der Waals surface area contributed by atoms with Crippen molar-refractivity contribution in [2.45, 2.75) is 64.5 Å². The maximum Gasteiger partial charge on any atom is 0.220 e. The van der Waals surface area contributed by atoms with Gasteiger partial charge in [-0.2, -0.15) is 0 Å². The van der Waals surface area contributed by atoms with E-state index in [1.807, 2.05) is 0 Å². The third-order valence-electron chi connectivity index (χ3n) is 4.79. The summed E-state index contributed by atoms with van der Waals surface area (Å²) in [5.74, 6) is 2.04. The lowest BCUT2D eigenvalue weighted by molar-refractivity contribution is -0.122. The molecule has 3 atom stereocenters. The van der Waals surface area contributed by atoms with Gasteiger partial charge in [-0.3, -0.25) is 4.79 Å². The number of carbonyl (C=O) groups is 1. The molecule has 4 heteroatoms. The van der Waals surface area contributed by atoms with Crippen molar-refractivity contribution in [2.24, 2.45) is 23.5 Å². The molecule has 0 radical (unpaired) electrons. The number of ether oxygens (including phenoxy) is 1. The highest BCUT2D eigenvalue weighted by molar-refractivity contribution is 5.76. The minimum absolute atomic E-state index is 0.189. The van der Waals surface area contributed by atoms with Crippen LogP contribution in [0.4, 0.5) is 0 Å². The second-order valence-corrected chi connectivity index (χ2v) is 6.76. The highest BCUT2D eigenvalue weighted by Gasteiger charge is 2.41. The molecule has 0 spiro atoms. The molecule has 0 aromatic rings. The monoisotopic (exact) mass is 282 g/mol. The molecule has 3 N–H and O–H groups in total. The van der Waals surface area contributed by atoms with Gasteiger partial charge in [-0.05, 0) is 56.4 Å². The van der Waals surface area contributed by atoms with Gasteiger partial charge in [0.05, 0.1) is 12.1 Å². The van der Waals surface area contributed by atoms with Gasteiger partial charge in [-0.25, -0.2) is 0 Å². The molecule has 0 aromatic carbocycles. The van der Waals surface area contributed by atoms with Crippen molar-refractivity contribution in [3.8, 4) is 0 Å². The number of carbonyl (C=O) groups excluding carboxylic acids is 1. The zero-order valence-electron chi connectivity index (χ0n) is 12.9. The van der Waals surface area contributed by atoms with Crippen molar-refractivity contribution in [3.63, 3.8) is 0 Å². The molecule has 1 saturated carbocycles. The van der Waals surface area contributed by atoms with Gasteiger partial charge >= 0.3 is 0 Å². The molecule has 1 aliphatic heterocycles. The SMILES string of the molecule is CC(C)C(CCN)CCC(=O)NC1CCOC1C1CC1. The van der Waals surface area contributed by atoms with E-state index in [0.29, 0.717) is 30.7 Å². The van der Waals surface area contributed by atoms with Crippen LogP contribution in [-0.2, 0) is 9.53 Å². The normalized spacial score (nSPS) is 27.8. The van der Waals surface area contributed by atoms with Gasteiger partial charge in [0, 0.05) is 13.0 Å². The van der Waals surface area contributed by atoms with E-state index in [0.717, 1.165) is 25.9 Å². The van der Waals surface area contributed by atoms with E-state index in [2.05, 4.69) is 19.2 Å². The third kappa shape index (κ3) is 4.45. The van der Waals surface area contributed by atoms with E-state index in [4.69, 9.17) is 10.5 Å². The van der Waals surface area contributed by atoms with Gasteiger partial charge in [0.1, 0.15) is 0 Å². The fraction of sp³-hybridized carbons (Fsp3) is 0.938. The summed E-state index contributed by atoms with van der Waals surface area (Å²) >= 11 is 0. The molecular formula is C16H30N2O2. The Labute approximate surface area is 122 Å². The Balaban J connectivity index is 1.71. The fourth-order valence-electron chi connectivity index (χ4n) is 3.28. The van der Waals surface area contributed by atoms with Crippen LogP contribution in [0.1, 0.15) is 52.4 Å². The third-order valence-corrected chi connectivity index (χ3v) is 4.79. The summed E-state index contributed by atoms with van der Waals surface area (Å²) in [6.07, 6.45) is 6.38. The topological polar surface area (TPSA) is 64.4 Å². The zero-order chi connectivity index (χ0) is 14.5. The standard InChI is InChI=1S/C16H30N2O2/c1-11(2)12(7-9-17)5-6-15(19)18-14-8-10-20-16(14)13-3-4-13/h11-14,16H,3-10,17H2,1-2H3,(H,18,19). The second-order valence-electron chi connectivity index (χ2n) is 6.76. The summed E-state index contributed by atoms with van der Waals surface area (Å²) in [4.78, 5) is 12.1. The first-order chi connectivity index (χ1) is 9.61. The average molecular weight is 282 g/mol. The van der Waals surface area contributed by atoms with Crippen molar-refractivity contribution < 1.29 is 9.53 Å². The van der Waals surface area contributed by atoms with E-state index < -0.39 is 0 Å². The maximum absolute atomic E-state index is 12.1. The molecule has 1 saturated heterocycles. The van der Waals surface area contributed by atoms with Crippen LogP contribution < -0.4 is 11.1 Å². The van der Waals surface area contributed by atoms with Crippen molar-refractivity contribution in [3.05, 3.63) is 0 Å². The Bertz CT molecular complexity index is 316. The van der Waals surface area contributed by atoms with Gasteiger partial charge in [-0.15, -0.1) is 0 Å². The Morgan fingerprint density at radius 1 is 1.30 bits per heavy atom. The van der Waals surface area contributed by atoms with Crippen molar-refractivity contribution in [1.29, 1.82) is 0 Å². The van der Waals surface area contributed by atoms with Gasteiger partial charge in [-0.1, -0.05) is 13.8 Å². The van der Waals surface area contributed by atoms with Gasteiger partial charge in [0.25, 0.3) is 0 Å². The van der Waals surface area contributed by atoms with Crippen LogP contribution >= 0.6 is 0 Å². The van der Waals surface area contributed by atoms with Crippen molar-refractivity contribution in [1.82, 2.24) is 5.32 Å². The van der Waals surface area contributed by atoms with E-state index in [1.54, 1.807) is 0 Å². The van der Waals surface area contributed by atoms with Crippen LogP contribution in [0.15, 0.2) is 0 Å². The molecule has 0 aromatic heterocycles. The average Bonchev–Trinajstić information content (AvgIpc) is 3.15. The van der Waals surface area contributed by atoms with Crippen LogP contribution in [0.3, 0.4) is 0 Å². The molecule has 2 fully saturated rings. The number of nitrogens with two attached hydrogens (primary N) is 1. The Morgan fingerprint density at radius 2 is 2.05 bits per heavy atom. The highest BCUT2D eigenvalue weighted by Crippen LogP contribution is 2.38. The smallest absolute Gasteiger partial charge is 0.220 e. The number of nitrogens with one attached hydrogen (secondary N) is 1. The quantitative estimate of drug-likeness (QED) is 0.716. The molecule has 1 amide bonds. The van der Waals surface area contributed by atoms with Crippen LogP contribution in [0, 0.1) is 17.8 Å². The largest absolute Gasteiger partial charge is 0.376 e. The highest BCUT2D eigenvalue weighted by atomic mass is 16.5. The molecule has 3 unspecified atom stereocenters. The fourth-order valence-corrected chi connectivity index (χ4v) is 3.28. The van der Waals surface area contributed by atoms with Crippen molar-refractivity contribution >= 4 is 5.91 Å². The molecule has 1 aliphatic carbocycles. The number of rotatable bonds is 8. The predicted octanol–water partition coefficient (Wildman–Crippen LogP) is 2.07. The van der Waals surface area contributed by atoms with Crippen LogP contribution in [0.25, 0.3) is 0 Å². The molecule has 2 rings (SSSR count). The lowest BCUT2D eigenvalue weighted by atomic mass is 9.88. The summed E-state index contributed by atoms with van der Waals surface area (Å²) in [5.41, 5.74) is 5.65. The Kier molecular flexibility index (Phi) is 5.85. The van der Waals surface area contributed by atoms with E-state index in [-0.39, 0.29) is 18.1 Å². The summed E-state index contributed by atoms with van der Waals surface area (Å²) in [7, 11) is 0. The Morgan fingerprint density at radius 3 is 2.65 bits per heavy atom. The molecule has 20 heavy (non-hydrogen) atoms. The Hall–Kier alpha value is -0.610. The first-order valence-electron chi connectivity index (χ1n) is 8.22. The first-order valence-corrected chi connectivity index (χ1v) is 8.22. The van der Waals surface area contributed by atoms with E-state index >= 15 is 0 Å². The van der Waals surface area contributed by atoms with Crippen molar-refractivity contribution in [2.75, 3.05) is 13.2 Å². The zero-order valence-corrected chi connectivity index (χ0v) is 12.9. The molecular weight excluding hydrogens is 252 g/mol. The summed E-state index contributed by atoms with van der Waals surface area (Å²) in [5, 5.41) is 3.19. The van der Waals surface area contributed by atoms with Crippen LogP contribution in [0.5, 0.6) is 0 Å². The van der Waals surface area contributed by atoms with E-state index in [1.165, 1.54) is 12.8 Å². The summed E-state index contributed by atoms with van der Waals surface area (Å²) < 4.78 is 5.76. The van der Waals surface area contributed by atoms with Crippen LogP contribution in [-0.4, -0.2) is 31.2 Å². The summed E-state index contributed by atoms with van der Waals surface area (Å²) in [6, 6.07) is 0.252. The lowest BCUT2D eigenvalue weighted by Gasteiger charge is -2.22. The molecule has 1 heterocycles. The molecule has 2 aliphatic rings. The minimum Gasteiger partial charge on any atom is -0.376 e. The first kappa shape index (κ1) is 15.8. The number of amides is 1. The molecule has 4 nitrogen and oxygen atoms in total. The number of hydrogen-bond donors (Lipinski definition) is 2. The van der Waals surface area contributed by atoms with Gasteiger partial charge < -0.3 is 15.8 Å². The summed E-state index contributed by atoms with van der Waals surface area (Å²) in [6.45, 7) is 5.94. The van der Waals surface area contributed by atoms with Gasteiger partial charge in [0.2, 0.25) is 5.91 Å². The molecule has 0 bridgehead atoms. The lowest BCUT2D eigenvalue weighted by Crippen LogP contribution is -2.41. The second kappa shape index (κ2) is 7.41. The minimum atomic E-state index is 0.189. The molecule has 116 valence electrons. The van der Waals surface area contributed by atoms with Gasteiger partial charge in [0.15, 0.2) is 0 Å². The maximum atomic E-state index is 12.1.